The number of hydrogen-bond acceptors (Lipinski definition) is 5. The van der Waals surface area contributed by atoms with Crippen LogP contribution in [0.15, 0.2) is 0 Å². The Labute approximate surface area is 130 Å². The third-order valence-corrected chi connectivity index (χ3v) is 5.58. The minimum Gasteiger partial charge on any atom is -0.465 e. The lowest BCUT2D eigenvalue weighted by Gasteiger charge is -2.19. The van der Waals surface area contributed by atoms with Crippen LogP contribution >= 0.6 is 11.3 Å². The number of esters is 1. The number of rotatable bonds is 3. The van der Waals surface area contributed by atoms with E-state index in [1.165, 1.54) is 30.6 Å². The molecular formula is C16H24N2O2S. The summed E-state index contributed by atoms with van der Waals surface area (Å²) in [7, 11) is 0. The Kier molecular flexibility index (Phi) is 4.78. The number of thiazole rings is 1. The maximum Gasteiger partial charge on any atom is 0.315 e. The summed E-state index contributed by atoms with van der Waals surface area (Å²) in [5.74, 6) is -0.225. The molecule has 0 amide bonds. The summed E-state index contributed by atoms with van der Waals surface area (Å²) in [5.41, 5.74) is 1.00. The molecule has 0 radical (unpaired) electrons. The lowest BCUT2D eigenvalue weighted by Crippen LogP contribution is -2.24. The fraction of sp³-hybridized carbons (Fsp3) is 0.750. The number of fused-ring (bicyclic) bond motifs is 1. The summed E-state index contributed by atoms with van der Waals surface area (Å²) < 4.78 is 5.23. The lowest BCUT2D eigenvalue weighted by molar-refractivity contribution is -0.145. The normalized spacial score (nSPS) is 22.5. The molecule has 0 spiro atoms. The summed E-state index contributed by atoms with van der Waals surface area (Å²) in [4.78, 5) is 20.7. The maximum atomic E-state index is 12.1. The molecule has 116 valence electrons. The molecule has 2 aliphatic rings. The molecule has 1 unspecified atom stereocenters. The van der Waals surface area contributed by atoms with Gasteiger partial charge in [0.25, 0.3) is 0 Å². The van der Waals surface area contributed by atoms with E-state index in [2.05, 4.69) is 4.90 Å². The Bertz CT molecular complexity index is 492. The molecule has 1 aliphatic carbocycles. The second-order valence-corrected chi connectivity index (χ2v) is 6.97. The van der Waals surface area contributed by atoms with Gasteiger partial charge in [-0.15, -0.1) is 11.3 Å². The van der Waals surface area contributed by atoms with E-state index in [1.54, 1.807) is 11.3 Å². The minimum atomic E-state index is -0.134. The summed E-state index contributed by atoms with van der Waals surface area (Å²) in [6.07, 6.45) is 8.18. The number of aryl methyl sites for hydroxylation is 1. The maximum absolute atomic E-state index is 12.1. The Morgan fingerprint density at radius 1 is 1.29 bits per heavy atom. The molecule has 1 aromatic heterocycles. The molecule has 0 bridgehead atoms. The SMILES string of the molecule is CCOC(=O)C1CCCc2sc(N3CCCCCC3)nc21. The summed E-state index contributed by atoms with van der Waals surface area (Å²) in [6, 6.07) is 0. The first-order valence-electron chi connectivity index (χ1n) is 8.20. The zero-order valence-electron chi connectivity index (χ0n) is 12.8. The van der Waals surface area contributed by atoms with E-state index in [1.807, 2.05) is 6.92 Å². The lowest BCUT2D eigenvalue weighted by atomic mass is 9.91. The van der Waals surface area contributed by atoms with Gasteiger partial charge >= 0.3 is 5.97 Å². The van der Waals surface area contributed by atoms with Crippen LogP contribution in [0.2, 0.25) is 0 Å². The van der Waals surface area contributed by atoms with Crippen molar-refractivity contribution in [2.45, 2.75) is 57.8 Å². The van der Waals surface area contributed by atoms with Crippen molar-refractivity contribution in [1.82, 2.24) is 4.98 Å². The Balaban J connectivity index is 1.81. The standard InChI is InChI=1S/C16H24N2O2S/c1-2-20-15(19)12-8-7-9-13-14(12)17-16(21-13)18-10-5-3-4-6-11-18/h12H,2-11H2,1H3. The zero-order chi connectivity index (χ0) is 14.7. The van der Waals surface area contributed by atoms with Crippen LogP contribution in [0.5, 0.6) is 0 Å². The Morgan fingerprint density at radius 2 is 2.05 bits per heavy atom. The highest BCUT2D eigenvalue weighted by Crippen LogP contribution is 2.39. The molecule has 0 N–H and O–H groups in total. The third-order valence-electron chi connectivity index (χ3n) is 4.39. The van der Waals surface area contributed by atoms with E-state index < -0.39 is 0 Å². The number of hydrogen-bond donors (Lipinski definition) is 0. The molecule has 3 rings (SSSR count). The fourth-order valence-corrected chi connectivity index (χ4v) is 4.49. The van der Waals surface area contributed by atoms with E-state index in [0.717, 1.165) is 43.2 Å². The van der Waals surface area contributed by atoms with Crippen LogP contribution in [-0.4, -0.2) is 30.6 Å². The molecule has 21 heavy (non-hydrogen) atoms. The van der Waals surface area contributed by atoms with Crippen LogP contribution < -0.4 is 4.90 Å². The molecule has 1 aromatic rings. The largest absolute Gasteiger partial charge is 0.465 e. The highest BCUT2D eigenvalue weighted by Gasteiger charge is 2.32. The average molecular weight is 308 g/mol. The predicted octanol–water partition coefficient (Wildman–Crippen LogP) is 3.51. The molecule has 0 aromatic carbocycles. The topological polar surface area (TPSA) is 42.4 Å². The highest BCUT2D eigenvalue weighted by molar-refractivity contribution is 7.15. The van der Waals surface area contributed by atoms with Crippen molar-refractivity contribution in [1.29, 1.82) is 0 Å². The first kappa shape index (κ1) is 14.8. The molecule has 1 atom stereocenters. The smallest absolute Gasteiger partial charge is 0.315 e. The summed E-state index contributed by atoms with van der Waals surface area (Å²) in [5, 5.41) is 1.12. The molecule has 0 saturated carbocycles. The van der Waals surface area contributed by atoms with E-state index >= 15 is 0 Å². The quantitative estimate of drug-likeness (QED) is 0.801. The van der Waals surface area contributed by atoms with Crippen molar-refractivity contribution >= 4 is 22.4 Å². The Hall–Kier alpha value is -1.10. The molecule has 4 nitrogen and oxygen atoms in total. The second-order valence-electron chi connectivity index (χ2n) is 5.90. The molecule has 1 saturated heterocycles. The van der Waals surface area contributed by atoms with Gasteiger partial charge in [0.05, 0.1) is 12.3 Å². The van der Waals surface area contributed by atoms with Gasteiger partial charge < -0.3 is 9.64 Å². The van der Waals surface area contributed by atoms with E-state index in [0.29, 0.717) is 6.61 Å². The van der Waals surface area contributed by atoms with Crippen molar-refractivity contribution in [2.75, 3.05) is 24.6 Å². The van der Waals surface area contributed by atoms with Crippen LogP contribution in [0.25, 0.3) is 0 Å². The van der Waals surface area contributed by atoms with Gasteiger partial charge in [-0.1, -0.05) is 12.8 Å². The van der Waals surface area contributed by atoms with Gasteiger partial charge in [0.1, 0.15) is 5.92 Å². The molecular weight excluding hydrogens is 284 g/mol. The highest BCUT2D eigenvalue weighted by atomic mass is 32.1. The van der Waals surface area contributed by atoms with Gasteiger partial charge in [-0.25, -0.2) is 4.98 Å². The van der Waals surface area contributed by atoms with E-state index in [4.69, 9.17) is 9.72 Å². The number of carbonyl (C=O) groups excluding carboxylic acids is 1. The van der Waals surface area contributed by atoms with E-state index in [-0.39, 0.29) is 11.9 Å². The van der Waals surface area contributed by atoms with Gasteiger partial charge in [-0.05, 0) is 39.0 Å². The fourth-order valence-electron chi connectivity index (χ4n) is 3.28. The van der Waals surface area contributed by atoms with Crippen LogP contribution in [0, 0.1) is 0 Å². The van der Waals surface area contributed by atoms with Crippen LogP contribution in [-0.2, 0) is 16.0 Å². The van der Waals surface area contributed by atoms with Crippen LogP contribution in [0.3, 0.4) is 0 Å². The summed E-state index contributed by atoms with van der Waals surface area (Å²) in [6.45, 7) is 4.53. The van der Waals surface area contributed by atoms with Gasteiger partial charge in [-0.3, -0.25) is 4.79 Å². The number of nitrogens with zero attached hydrogens (tertiary/aromatic N) is 2. The molecule has 1 aliphatic heterocycles. The molecule has 2 heterocycles. The van der Waals surface area contributed by atoms with Gasteiger partial charge in [0, 0.05) is 18.0 Å². The number of carbonyl (C=O) groups is 1. The second kappa shape index (κ2) is 6.77. The first-order chi connectivity index (χ1) is 10.3. The Morgan fingerprint density at radius 3 is 2.76 bits per heavy atom. The van der Waals surface area contributed by atoms with Gasteiger partial charge in [-0.2, -0.15) is 0 Å². The number of ether oxygens (including phenoxy) is 1. The van der Waals surface area contributed by atoms with Crippen molar-refractivity contribution in [3.8, 4) is 0 Å². The average Bonchev–Trinajstić information content (AvgIpc) is 2.74. The number of aromatic nitrogens is 1. The monoisotopic (exact) mass is 308 g/mol. The minimum absolute atomic E-state index is 0.0915. The van der Waals surface area contributed by atoms with Crippen molar-refractivity contribution in [3.05, 3.63) is 10.6 Å². The predicted molar refractivity (Wildman–Crippen MR) is 85.1 cm³/mol. The van der Waals surface area contributed by atoms with Crippen molar-refractivity contribution in [3.63, 3.8) is 0 Å². The summed E-state index contributed by atoms with van der Waals surface area (Å²) >= 11 is 1.80. The van der Waals surface area contributed by atoms with E-state index in [9.17, 15) is 4.79 Å². The number of anilines is 1. The van der Waals surface area contributed by atoms with Crippen molar-refractivity contribution in [2.24, 2.45) is 0 Å². The van der Waals surface area contributed by atoms with Crippen LogP contribution in [0.4, 0.5) is 5.13 Å². The zero-order valence-corrected chi connectivity index (χ0v) is 13.6. The van der Waals surface area contributed by atoms with Gasteiger partial charge in [0.2, 0.25) is 0 Å². The third kappa shape index (κ3) is 3.23. The van der Waals surface area contributed by atoms with Crippen molar-refractivity contribution < 1.29 is 9.53 Å². The molecule has 1 fully saturated rings. The molecule has 5 heteroatoms. The van der Waals surface area contributed by atoms with Crippen LogP contribution in [0.1, 0.15) is 61.9 Å². The first-order valence-corrected chi connectivity index (χ1v) is 9.02. The van der Waals surface area contributed by atoms with Gasteiger partial charge in [0.15, 0.2) is 5.13 Å².